The fourth-order valence-corrected chi connectivity index (χ4v) is 1.04. The molecule has 0 aliphatic carbocycles. The second-order valence-electron chi connectivity index (χ2n) is 3.08. The minimum atomic E-state index is -0.260. The summed E-state index contributed by atoms with van der Waals surface area (Å²) in [5, 5.41) is 9.06. The van der Waals surface area contributed by atoms with E-state index in [-0.39, 0.29) is 6.10 Å². The number of rotatable bonds is 4. The lowest BCUT2D eigenvalue weighted by atomic mass is 10.1. The lowest BCUT2D eigenvalue weighted by molar-refractivity contribution is 0.184. The smallest absolute Gasteiger partial charge is 0.137 e. The number of ether oxygens (including phenoxy) is 1. The van der Waals surface area contributed by atoms with Gasteiger partial charge >= 0.3 is 0 Å². The number of aromatic nitrogens is 1. The number of pyridine rings is 1. The molecular formula is C10H15NO2. The molecule has 0 aliphatic heterocycles. The molecular weight excluding hydrogens is 166 g/mol. The van der Waals surface area contributed by atoms with E-state index < -0.39 is 0 Å². The number of hydrogen-bond acceptors (Lipinski definition) is 3. The van der Waals surface area contributed by atoms with Crippen molar-refractivity contribution in [2.45, 2.75) is 25.9 Å². The molecule has 3 nitrogen and oxygen atoms in total. The first kappa shape index (κ1) is 9.99. The Hall–Kier alpha value is -1.09. The van der Waals surface area contributed by atoms with Crippen LogP contribution in [0.4, 0.5) is 0 Å². The van der Waals surface area contributed by atoms with Gasteiger partial charge in [0.2, 0.25) is 0 Å². The molecule has 0 aliphatic rings. The van der Waals surface area contributed by atoms with E-state index in [9.17, 15) is 0 Å². The molecule has 0 radical (unpaired) electrons. The second-order valence-corrected chi connectivity index (χ2v) is 3.08. The molecule has 13 heavy (non-hydrogen) atoms. The van der Waals surface area contributed by atoms with Crippen molar-refractivity contribution >= 4 is 0 Å². The molecule has 0 aromatic carbocycles. The number of nitrogens with zero attached hydrogens (tertiary/aromatic N) is 1. The fourth-order valence-electron chi connectivity index (χ4n) is 1.04. The Balaban J connectivity index is 2.49. The summed E-state index contributed by atoms with van der Waals surface area (Å²) in [6.45, 7) is 1.78. The number of methoxy groups -OCH3 is 1. The summed E-state index contributed by atoms with van der Waals surface area (Å²) in [6, 6.07) is 3.80. The summed E-state index contributed by atoms with van der Waals surface area (Å²) in [7, 11) is 1.62. The predicted octanol–water partition coefficient (Wildman–Crippen LogP) is 1.40. The molecule has 1 rings (SSSR count). The van der Waals surface area contributed by atoms with Crippen molar-refractivity contribution in [3.8, 4) is 5.75 Å². The van der Waals surface area contributed by atoms with E-state index in [1.807, 2.05) is 12.1 Å². The summed E-state index contributed by atoms with van der Waals surface area (Å²) in [4.78, 5) is 4.19. The molecule has 0 unspecified atom stereocenters. The van der Waals surface area contributed by atoms with Gasteiger partial charge in [-0.05, 0) is 31.9 Å². The summed E-state index contributed by atoms with van der Waals surface area (Å²) in [5.41, 5.74) is 0.988. The molecule has 1 aromatic heterocycles. The zero-order chi connectivity index (χ0) is 9.68. The molecule has 0 bridgehead atoms. The Labute approximate surface area is 78.4 Å². The third-order valence-corrected chi connectivity index (χ3v) is 1.85. The largest absolute Gasteiger partial charge is 0.495 e. The first-order valence-corrected chi connectivity index (χ1v) is 4.39. The summed E-state index contributed by atoms with van der Waals surface area (Å²) in [5.74, 6) is 0.765. The highest BCUT2D eigenvalue weighted by atomic mass is 16.5. The van der Waals surface area contributed by atoms with Crippen LogP contribution in [-0.4, -0.2) is 23.3 Å². The van der Waals surface area contributed by atoms with Crippen LogP contribution in [0.15, 0.2) is 18.3 Å². The van der Waals surface area contributed by atoms with Crippen molar-refractivity contribution in [3.05, 3.63) is 24.0 Å². The lowest BCUT2D eigenvalue weighted by Crippen LogP contribution is -2.02. The molecule has 1 atom stereocenters. The van der Waals surface area contributed by atoms with Gasteiger partial charge in [-0.15, -0.1) is 0 Å². The molecule has 3 heteroatoms. The van der Waals surface area contributed by atoms with E-state index in [0.717, 1.165) is 24.3 Å². The molecule has 0 saturated heterocycles. The van der Waals surface area contributed by atoms with Crippen molar-refractivity contribution in [3.63, 3.8) is 0 Å². The van der Waals surface area contributed by atoms with Crippen LogP contribution in [0.2, 0.25) is 0 Å². The summed E-state index contributed by atoms with van der Waals surface area (Å²) in [6.07, 6.45) is 2.99. The van der Waals surface area contributed by atoms with Crippen LogP contribution in [0.1, 0.15) is 19.0 Å². The maximum Gasteiger partial charge on any atom is 0.137 e. The molecule has 0 saturated carbocycles. The molecule has 0 spiro atoms. The highest BCUT2D eigenvalue weighted by Gasteiger charge is 1.99. The van der Waals surface area contributed by atoms with E-state index in [2.05, 4.69) is 4.98 Å². The van der Waals surface area contributed by atoms with Crippen molar-refractivity contribution in [1.82, 2.24) is 4.98 Å². The highest BCUT2D eigenvalue weighted by Crippen LogP contribution is 2.09. The summed E-state index contributed by atoms with van der Waals surface area (Å²) < 4.78 is 4.98. The molecule has 72 valence electrons. The van der Waals surface area contributed by atoms with Gasteiger partial charge in [0.05, 0.1) is 19.4 Å². The maximum absolute atomic E-state index is 9.06. The van der Waals surface area contributed by atoms with E-state index >= 15 is 0 Å². The van der Waals surface area contributed by atoms with Gasteiger partial charge in [0.25, 0.3) is 0 Å². The zero-order valence-corrected chi connectivity index (χ0v) is 8.03. The average Bonchev–Trinajstić information content (AvgIpc) is 2.15. The van der Waals surface area contributed by atoms with Gasteiger partial charge in [0.15, 0.2) is 0 Å². The van der Waals surface area contributed by atoms with Gasteiger partial charge in [0.1, 0.15) is 5.75 Å². The summed E-state index contributed by atoms with van der Waals surface area (Å²) >= 11 is 0. The van der Waals surface area contributed by atoms with E-state index in [1.54, 1.807) is 20.2 Å². The van der Waals surface area contributed by atoms with Crippen molar-refractivity contribution in [1.29, 1.82) is 0 Å². The van der Waals surface area contributed by atoms with E-state index in [1.165, 1.54) is 0 Å². The fraction of sp³-hybridized carbons (Fsp3) is 0.500. The van der Waals surface area contributed by atoms with Gasteiger partial charge in [-0.1, -0.05) is 0 Å². The first-order valence-electron chi connectivity index (χ1n) is 4.39. The van der Waals surface area contributed by atoms with Gasteiger partial charge in [0, 0.05) is 5.69 Å². The van der Waals surface area contributed by atoms with Gasteiger partial charge in [-0.25, -0.2) is 0 Å². The quantitative estimate of drug-likeness (QED) is 0.763. The normalized spacial score (nSPS) is 12.5. The molecule has 0 amide bonds. The maximum atomic E-state index is 9.06. The topological polar surface area (TPSA) is 42.4 Å². The van der Waals surface area contributed by atoms with Crippen molar-refractivity contribution in [2.75, 3.05) is 7.11 Å². The third-order valence-electron chi connectivity index (χ3n) is 1.85. The Morgan fingerprint density at radius 1 is 1.54 bits per heavy atom. The number of hydrogen-bond donors (Lipinski definition) is 1. The zero-order valence-electron chi connectivity index (χ0n) is 8.03. The van der Waals surface area contributed by atoms with Crippen LogP contribution >= 0.6 is 0 Å². The van der Waals surface area contributed by atoms with E-state index in [4.69, 9.17) is 9.84 Å². The van der Waals surface area contributed by atoms with Crippen LogP contribution in [-0.2, 0) is 6.42 Å². The highest BCUT2D eigenvalue weighted by molar-refractivity contribution is 5.19. The first-order chi connectivity index (χ1) is 6.22. The van der Waals surface area contributed by atoms with Gasteiger partial charge in [-0.3, -0.25) is 4.98 Å². The minimum Gasteiger partial charge on any atom is -0.495 e. The van der Waals surface area contributed by atoms with E-state index in [0.29, 0.717) is 0 Å². The average molecular weight is 181 g/mol. The number of aliphatic hydroxyl groups excluding tert-OH is 1. The third kappa shape index (κ3) is 3.42. The Kier molecular flexibility index (Phi) is 3.71. The molecule has 0 fully saturated rings. The van der Waals surface area contributed by atoms with Crippen LogP contribution < -0.4 is 4.74 Å². The second kappa shape index (κ2) is 4.82. The van der Waals surface area contributed by atoms with Crippen LogP contribution in [0.5, 0.6) is 5.75 Å². The standard InChI is InChI=1S/C10H15NO2/c1-8(12)3-4-9-5-6-10(13-2)7-11-9/h5-8,12H,3-4H2,1-2H3/t8-/m0/s1. The Bertz CT molecular complexity index is 244. The Morgan fingerprint density at radius 2 is 2.31 bits per heavy atom. The van der Waals surface area contributed by atoms with Crippen LogP contribution in [0.25, 0.3) is 0 Å². The van der Waals surface area contributed by atoms with Crippen molar-refractivity contribution < 1.29 is 9.84 Å². The Morgan fingerprint density at radius 3 is 2.77 bits per heavy atom. The van der Waals surface area contributed by atoms with Gasteiger partial charge < -0.3 is 9.84 Å². The number of aryl methyl sites for hydroxylation is 1. The SMILES string of the molecule is COc1ccc(CC[C@H](C)O)nc1. The molecule has 1 aromatic rings. The van der Waals surface area contributed by atoms with Gasteiger partial charge in [-0.2, -0.15) is 0 Å². The lowest BCUT2D eigenvalue weighted by Gasteiger charge is -2.04. The number of aliphatic hydroxyl groups is 1. The molecule has 1 heterocycles. The van der Waals surface area contributed by atoms with Crippen LogP contribution in [0, 0.1) is 0 Å². The van der Waals surface area contributed by atoms with Crippen molar-refractivity contribution in [2.24, 2.45) is 0 Å². The minimum absolute atomic E-state index is 0.260. The van der Waals surface area contributed by atoms with Crippen LogP contribution in [0.3, 0.4) is 0 Å². The predicted molar refractivity (Wildman–Crippen MR) is 50.8 cm³/mol. The monoisotopic (exact) mass is 181 g/mol. The molecule has 1 N–H and O–H groups in total.